The van der Waals surface area contributed by atoms with Crippen molar-refractivity contribution in [2.75, 3.05) is 0 Å². The molecule has 0 bridgehead atoms. The van der Waals surface area contributed by atoms with E-state index >= 15 is 0 Å². The molecular weight excluding hydrogens is 264 g/mol. The van der Waals surface area contributed by atoms with Crippen LogP contribution in [0.4, 0.5) is 0 Å². The van der Waals surface area contributed by atoms with E-state index in [0.717, 1.165) is 6.54 Å². The maximum absolute atomic E-state index is 12.1. The van der Waals surface area contributed by atoms with Gasteiger partial charge in [-0.2, -0.15) is 5.10 Å². The Morgan fingerprint density at radius 1 is 1.37 bits per heavy atom. The molecule has 0 amide bonds. The lowest BCUT2D eigenvalue weighted by atomic mass is 10.1. The van der Waals surface area contributed by atoms with Crippen molar-refractivity contribution in [1.29, 1.82) is 0 Å². The normalized spacial score (nSPS) is 10.9. The van der Waals surface area contributed by atoms with Gasteiger partial charge in [-0.15, -0.1) is 0 Å². The molecule has 6 heteroatoms. The minimum atomic E-state index is -0.0397. The Hall–Kier alpha value is -1.75. The predicted molar refractivity (Wildman–Crippen MR) is 72.1 cm³/mol. The second-order valence-corrected chi connectivity index (χ2v) is 5.11. The van der Waals surface area contributed by atoms with Crippen LogP contribution in [0, 0.1) is 5.92 Å². The molecule has 2 heterocycles. The maximum atomic E-state index is 12.1. The molecule has 0 unspecified atom stereocenters. The molecule has 2 rings (SSSR count). The summed E-state index contributed by atoms with van der Waals surface area (Å²) in [6.45, 7) is 4.94. The summed E-state index contributed by atoms with van der Waals surface area (Å²) in [5.74, 6) is 1.09. The summed E-state index contributed by atoms with van der Waals surface area (Å²) in [6.07, 6.45) is 3.18. The third-order valence-corrected chi connectivity index (χ3v) is 2.83. The molecule has 5 nitrogen and oxygen atoms in total. The van der Waals surface area contributed by atoms with Gasteiger partial charge >= 0.3 is 0 Å². The van der Waals surface area contributed by atoms with Crippen molar-refractivity contribution >= 4 is 17.4 Å². The van der Waals surface area contributed by atoms with Crippen molar-refractivity contribution in [2.24, 2.45) is 5.92 Å². The molecule has 0 aliphatic heterocycles. The molecular formula is C13H15ClN4O. The molecule has 2 aromatic rings. The minimum absolute atomic E-state index is 0.0397. The van der Waals surface area contributed by atoms with Gasteiger partial charge in [0.15, 0.2) is 5.78 Å². The van der Waals surface area contributed by atoms with Gasteiger partial charge in [0.2, 0.25) is 0 Å². The van der Waals surface area contributed by atoms with E-state index in [1.807, 2.05) is 0 Å². The van der Waals surface area contributed by atoms with Crippen LogP contribution in [0.25, 0.3) is 0 Å². The summed E-state index contributed by atoms with van der Waals surface area (Å²) >= 11 is 5.69. The number of aromatic nitrogens is 4. The molecule has 0 saturated carbocycles. The fourth-order valence-electron chi connectivity index (χ4n) is 1.71. The van der Waals surface area contributed by atoms with Crippen LogP contribution < -0.4 is 0 Å². The number of pyridine rings is 1. The van der Waals surface area contributed by atoms with Gasteiger partial charge in [-0.3, -0.25) is 4.79 Å². The van der Waals surface area contributed by atoms with E-state index in [4.69, 9.17) is 11.6 Å². The largest absolute Gasteiger partial charge is 0.294 e. The van der Waals surface area contributed by atoms with Gasteiger partial charge in [0, 0.05) is 18.3 Å². The molecule has 0 aromatic carbocycles. The topological polar surface area (TPSA) is 60.7 Å². The van der Waals surface area contributed by atoms with E-state index in [2.05, 4.69) is 28.9 Å². The van der Waals surface area contributed by atoms with Gasteiger partial charge in [0.1, 0.15) is 17.3 Å². The maximum Gasteiger partial charge on any atom is 0.171 e. The van der Waals surface area contributed by atoms with E-state index in [0.29, 0.717) is 22.5 Å². The highest BCUT2D eigenvalue weighted by atomic mass is 35.5. The fourth-order valence-corrected chi connectivity index (χ4v) is 1.82. The summed E-state index contributed by atoms with van der Waals surface area (Å²) in [6, 6.07) is 3.27. The third kappa shape index (κ3) is 3.61. The van der Waals surface area contributed by atoms with Crippen LogP contribution >= 0.6 is 11.6 Å². The number of rotatable bonds is 5. The number of carbonyl (C=O) groups excluding carboxylic acids is 1. The molecule has 0 aliphatic carbocycles. The Morgan fingerprint density at radius 2 is 2.16 bits per heavy atom. The summed E-state index contributed by atoms with van der Waals surface area (Å²) in [7, 11) is 0. The number of hydrogen-bond donors (Lipinski definition) is 0. The molecule has 0 aliphatic rings. The highest BCUT2D eigenvalue weighted by molar-refractivity contribution is 6.29. The summed E-state index contributed by atoms with van der Waals surface area (Å²) < 4.78 is 1.77. The van der Waals surface area contributed by atoms with Crippen molar-refractivity contribution < 1.29 is 4.79 Å². The average Bonchev–Trinajstić information content (AvgIpc) is 2.76. The summed E-state index contributed by atoms with van der Waals surface area (Å²) in [5, 5.41) is 4.51. The lowest BCUT2D eigenvalue weighted by molar-refractivity contribution is 0.0988. The van der Waals surface area contributed by atoms with Gasteiger partial charge in [-0.05, 0) is 18.1 Å². The molecule has 0 saturated heterocycles. The zero-order valence-electron chi connectivity index (χ0n) is 10.9. The zero-order valence-corrected chi connectivity index (χ0v) is 11.6. The number of hydrogen-bond acceptors (Lipinski definition) is 4. The van der Waals surface area contributed by atoms with Gasteiger partial charge in [0.25, 0.3) is 0 Å². The second-order valence-electron chi connectivity index (χ2n) is 4.72. The molecule has 19 heavy (non-hydrogen) atoms. The van der Waals surface area contributed by atoms with Gasteiger partial charge in [-0.1, -0.05) is 25.4 Å². The lowest BCUT2D eigenvalue weighted by Gasteiger charge is -2.08. The van der Waals surface area contributed by atoms with Crippen molar-refractivity contribution in [2.45, 2.75) is 26.8 Å². The number of ketones is 1. The predicted octanol–water partition coefficient (Wildman–Crippen LogP) is 2.41. The Bertz CT molecular complexity index is 562. The van der Waals surface area contributed by atoms with E-state index in [1.165, 1.54) is 12.5 Å². The highest BCUT2D eigenvalue weighted by Crippen LogP contribution is 2.09. The molecule has 0 spiro atoms. The summed E-state index contributed by atoms with van der Waals surface area (Å²) in [4.78, 5) is 20.1. The monoisotopic (exact) mass is 278 g/mol. The van der Waals surface area contributed by atoms with Crippen molar-refractivity contribution in [3.05, 3.63) is 41.2 Å². The number of nitrogens with zero attached hydrogens (tertiary/aromatic N) is 4. The van der Waals surface area contributed by atoms with E-state index < -0.39 is 0 Å². The van der Waals surface area contributed by atoms with Crippen molar-refractivity contribution in [3.8, 4) is 0 Å². The van der Waals surface area contributed by atoms with E-state index in [-0.39, 0.29) is 12.2 Å². The highest BCUT2D eigenvalue weighted by Gasteiger charge is 2.13. The summed E-state index contributed by atoms with van der Waals surface area (Å²) in [5.41, 5.74) is 0.531. The number of halogens is 1. The van der Waals surface area contributed by atoms with Gasteiger partial charge in [0.05, 0.1) is 6.42 Å². The van der Waals surface area contributed by atoms with E-state index in [9.17, 15) is 4.79 Å². The first-order valence-corrected chi connectivity index (χ1v) is 6.45. The van der Waals surface area contributed by atoms with Crippen LogP contribution in [0.1, 0.15) is 30.0 Å². The first-order valence-electron chi connectivity index (χ1n) is 6.07. The number of carbonyl (C=O) groups is 1. The van der Waals surface area contributed by atoms with Gasteiger partial charge in [-0.25, -0.2) is 14.6 Å². The molecule has 0 radical (unpaired) electrons. The first-order chi connectivity index (χ1) is 9.06. The third-order valence-electron chi connectivity index (χ3n) is 2.60. The lowest BCUT2D eigenvalue weighted by Crippen LogP contribution is -2.14. The Labute approximate surface area is 116 Å². The smallest absolute Gasteiger partial charge is 0.171 e. The molecule has 2 aromatic heterocycles. The Balaban J connectivity index is 2.10. The standard InChI is InChI=1S/C13H15ClN4O/c1-9(2)7-18-13(16-8-17-18)5-11(19)10-3-4-12(14)15-6-10/h3-4,6,8-9H,5,7H2,1-2H3. The van der Waals surface area contributed by atoms with Crippen LogP contribution in [-0.4, -0.2) is 25.5 Å². The van der Waals surface area contributed by atoms with Gasteiger partial charge < -0.3 is 0 Å². The average molecular weight is 279 g/mol. The Morgan fingerprint density at radius 3 is 2.79 bits per heavy atom. The Kier molecular flexibility index (Phi) is 4.27. The molecule has 0 fully saturated rings. The zero-order chi connectivity index (χ0) is 13.8. The van der Waals surface area contributed by atoms with Crippen LogP contribution in [0.5, 0.6) is 0 Å². The molecule has 100 valence electrons. The molecule has 0 N–H and O–H groups in total. The van der Waals surface area contributed by atoms with Crippen LogP contribution in [-0.2, 0) is 13.0 Å². The van der Waals surface area contributed by atoms with Crippen LogP contribution in [0.3, 0.4) is 0 Å². The van der Waals surface area contributed by atoms with Crippen LogP contribution in [0.2, 0.25) is 5.15 Å². The quantitative estimate of drug-likeness (QED) is 0.622. The number of Topliss-reactive ketones (excluding diaryl/α,β-unsaturated/α-hetero) is 1. The minimum Gasteiger partial charge on any atom is -0.294 e. The molecule has 0 atom stereocenters. The first kappa shape index (κ1) is 13.7. The van der Waals surface area contributed by atoms with Crippen molar-refractivity contribution in [1.82, 2.24) is 19.7 Å². The second kappa shape index (κ2) is 5.93. The van der Waals surface area contributed by atoms with Crippen LogP contribution in [0.15, 0.2) is 24.7 Å². The SMILES string of the molecule is CC(C)Cn1ncnc1CC(=O)c1ccc(Cl)nc1. The fraction of sp³-hybridized carbons (Fsp3) is 0.385. The van der Waals surface area contributed by atoms with Crippen molar-refractivity contribution in [3.63, 3.8) is 0 Å². The van der Waals surface area contributed by atoms with E-state index in [1.54, 1.807) is 16.8 Å².